The number of ketones is 1. The molecule has 0 saturated carbocycles. The van der Waals surface area contributed by atoms with Crippen LogP contribution >= 0.6 is 15.9 Å². The third-order valence-corrected chi connectivity index (χ3v) is 6.80. The summed E-state index contributed by atoms with van der Waals surface area (Å²) in [4.78, 5) is 17.0. The van der Waals surface area contributed by atoms with Crippen LogP contribution < -0.4 is 0 Å². The molecule has 0 unspecified atom stereocenters. The third-order valence-electron chi connectivity index (χ3n) is 4.63. The molecule has 0 amide bonds. The topological polar surface area (TPSA) is 77.2 Å². The van der Waals surface area contributed by atoms with Gasteiger partial charge in [0.25, 0.3) is 0 Å². The maximum atomic E-state index is 13.0. The summed E-state index contributed by atoms with van der Waals surface area (Å²) >= 11 is 3.37. The van der Waals surface area contributed by atoms with Crippen LogP contribution in [0.1, 0.15) is 21.5 Å². The second-order valence-corrected chi connectivity index (χ2v) is 9.55. The number of hydrogen-bond donors (Lipinski definition) is 0. The number of nitrogens with zero attached hydrogens (tertiary/aromatic N) is 1. The highest BCUT2D eigenvalue weighted by Crippen LogP contribution is 2.26. The van der Waals surface area contributed by atoms with Crippen molar-refractivity contribution < 1.29 is 17.6 Å². The van der Waals surface area contributed by atoms with Crippen LogP contribution in [0.2, 0.25) is 0 Å². The van der Waals surface area contributed by atoms with Gasteiger partial charge in [-0.3, -0.25) is 4.79 Å². The van der Waals surface area contributed by atoms with Crippen LogP contribution in [0.25, 0.3) is 11.3 Å². The molecule has 0 aliphatic heterocycles. The lowest BCUT2D eigenvalue weighted by molar-refractivity contribution is 0.103. The van der Waals surface area contributed by atoms with E-state index in [1.807, 2.05) is 6.07 Å². The Balaban J connectivity index is 1.66. The first kappa shape index (κ1) is 20.3. The molecule has 0 fully saturated rings. The van der Waals surface area contributed by atoms with Crippen LogP contribution in [-0.4, -0.2) is 19.2 Å². The molecule has 0 aliphatic carbocycles. The van der Waals surface area contributed by atoms with Gasteiger partial charge in [0, 0.05) is 21.2 Å². The van der Waals surface area contributed by atoms with Crippen LogP contribution in [0.4, 0.5) is 0 Å². The third kappa shape index (κ3) is 4.27. The lowest BCUT2D eigenvalue weighted by Gasteiger charge is -2.11. The highest BCUT2D eigenvalue weighted by molar-refractivity contribution is 9.10. The lowest BCUT2D eigenvalue weighted by atomic mass is 9.99. The van der Waals surface area contributed by atoms with Crippen molar-refractivity contribution in [1.82, 2.24) is 4.98 Å². The molecule has 0 bridgehead atoms. The van der Waals surface area contributed by atoms with Crippen LogP contribution in [0.15, 0.2) is 99.2 Å². The van der Waals surface area contributed by atoms with Gasteiger partial charge in [0.2, 0.25) is 0 Å². The molecule has 0 spiro atoms. The van der Waals surface area contributed by atoms with Crippen LogP contribution in [0.3, 0.4) is 0 Å². The quantitative estimate of drug-likeness (QED) is 0.348. The van der Waals surface area contributed by atoms with E-state index in [1.165, 1.54) is 18.5 Å². The van der Waals surface area contributed by atoms with Crippen molar-refractivity contribution in [1.29, 1.82) is 0 Å². The van der Waals surface area contributed by atoms with Crippen LogP contribution in [0.5, 0.6) is 0 Å². The molecule has 0 radical (unpaired) electrons. The Bertz CT molecular complexity index is 1280. The summed E-state index contributed by atoms with van der Waals surface area (Å²) < 4.78 is 32.0. The van der Waals surface area contributed by atoms with Gasteiger partial charge in [-0.05, 0) is 42.0 Å². The average molecular weight is 482 g/mol. The van der Waals surface area contributed by atoms with Crippen molar-refractivity contribution in [2.45, 2.75) is 10.6 Å². The van der Waals surface area contributed by atoms with E-state index in [1.54, 1.807) is 60.8 Å². The molecular weight excluding hydrogens is 466 g/mol. The van der Waals surface area contributed by atoms with Gasteiger partial charge in [-0.25, -0.2) is 13.4 Å². The first-order chi connectivity index (χ1) is 14.4. The van der Waals surface area contributed by atoms with E-state index in [9.17, 15) is 13.2 Å². The summed E-state index contributed by atoms with van der Waals surface area (Å²) in [5.74, 6) is 0.0564. The van der Waals surface area contributed by atoms with Crippen molar-refractivity contribution in [3.63, 3.8) is 0 Å². The lowest BCUT2D eigenvalue weighted by Crippen LogP contribution is -2.11. The summed E-state index contributed by atoms with van der Waals surface area (Å²) in [5, 5.41) is 0. The Morgan fingerprint density at radius 1 is 0.967 bits per heavy atom. The second-order valence-electron chi connectivity index (χ2n) is 6.65. The number of carbonyl (C=O) groups excluding carboxylic acids is 1. The van der Waals surface area contributed by atoms with E-state index in [0.717, 1.165) is 5.56 Å². The summed E-state index contributed by atoms with van der Waals surface area (Å²) in [5.41, 5.74) is 2.05. The highest BCUT2D eigenvalue weighted by Gasteiger charge is 2.21. The minimum atomic E-state index is -3.66. The smallest absolute Gasteiger partial charge is 0.193 e. The molecule has 1 aromatic heterocycles. The number of oxazole rings is 1. The maximum Gasteiger partial charge on any atom is 0.193 e. The Labute approximate surface area is 182 Å². The molecule has 0 N–H and O–H groups in total. The summed E-state index contributed by atoms with van der Waals surface area (Å²) in [7, 11) is -3.66. The van der Waals surface area contributed by atoms with Crippen molar-refractivity contribution >= 4 is 31.6 Å². The predicted molar refractivity (Wildman–Crippen MR) is 117 cm³/mol. The Morgan fingerprint density at radius 2 is 1.70 bits per heavy atom. The predicted octanol–water partition coefficient (Wildman–Crippen LogP) is 5.31. The molecule has 150 valence electrons. The fourth-order valence-corrected chi connectivity index (χ4v) is 4.84. The summed E-state index contributed by atoms with van der Waals surface area (Å²) in [6.45, 7) is 0. The van der Waals surface area contributed by atoms with Crippen LogP contribution in [0, 0.1) is 0 Å². The molecule has 4 rings (SSSR count). The van der Waals surface area contributed by atoms with Gasteiger partial charge in [-0.2, -0.15) is 0 Å². The van der Waals surface area contributed by atoms with E-state index < -0.39 is 9.84 Å². The number of carbonyl (C=O) groups is 1. The standard InChI is InChI=1S/C23H16BrNO4S/c24-19-9-6-18(21(12-19)23(26)17-4-2-1-3-5-17)14-30(27,28)20-10-7-16(8-11-20)22-13-25-15-29-22/h1-13,15H,14H2. The Kier molecular flexibility index (Phi) is 5.65. The SMILES string of the molecule is O=C(c1ccccc1)c1cc(Br)ccc1CS(=O)(=O)c1ccc(-c2cnco2)cc1. The van der Waals surface area contributed by atoms with E-state index in [4.69, 9.17) is 4.42 Å². The number of halogens is 1. The maximum absolute atomic E-state index is 13.0. The zero-order valence-corrected chi connectivity index (χ0v) is 18.1. The Morgan fingerprint density at radius 3 is 2.37 bits per heavy atom. The Hall–Kier alpha value is -3.03. The molecular formula is C23H16BrNO4S. The fourth-order valence-electron chi connectivity index (χ4n) is 3.10. The molecule has 0 saturated heterocycles. The van der Waals surface area contributed by atoms with Gasteiger partial charge < -0.3 is 4.42 Å². The second kappa shape index (κ2) is 8.38. The highest BCUT2D eigenvalue weighted by atomic mass is 79.9. The van der Waals surface area contributed by atoms with Gasteiger partial charge in [0.05, 0.1) is 16.8 Å². The van der Waals surface area contributed by atoms with Gasteiger partial charge in [0.1, 0.15) is 0 Å². The molecule has 3 aromatic carbocycles. The number of sulfone groups is 1. The van der Waals surface area contributed by atoms with Gasteiger partial charge in [0.15, 0.2) is 27.8 Å². The average Bonchev–Trinajstić information content (AvgIpc) is 3.30. The normalized spacial score (nSPS) is 11.4. The number of aromatic nitrogens is 1. The zero-order valence-electron chi connectivity index (χ0n) is 15.7. The van der Waals surface area contributed by atoms with Gasteiger partial charge >= 0.3 is 0 Å². The van der Waals surface area contributed by atoms with Crippen molar-refractivity contribution in [3.05, 3.63) is 107 Å². The first-order valence-electron chi connectivity index (χ1n) is 9.04. The molecule has 4 aromatic rings. The molecule has 1 heterocycles. The molecule has 0 aliphatic rings. The molecule has 0 atom stereocenters. The van der Waals surface area contributed by atoms with E-state index >= 15 is 0 Å². The van der Waals surface area contributed by atoms with E-state index in [2.05, 4.69) is 20.9 Å². The van der Waals surface area contributed by atoms with E-state index in [-0.39, 0.29) is 16.4 Å². The minimum absolute atomic E-state index is 0.173. The first-order valence-corrected chi connectivity index (χ1v) is 11.5. The van der Waals surface area contributed by atoms with Gasteiger partial charge in [-0.1, -0.05) is 52.3 Å². The minimum Gasteiger partial charge on any atom is -0.444 e. The molecule has 30 heavy (non-hydrogen) atoms. The largest absolute Gasteiger partial charge is 0.444 e. The zero-order chi connectivity index (χ0) is 21.1. The van der Waals surface area contributed by atoms with Crippen molar-refractivity contribution in [3.8, 4) is 11.3 Å². The number of hydrogen-bond acceptors (Lipinski definition) is 5. The monoisotopic (exact) mass is 481 g/mol. The summed E-state index contributed by atoms with van der Waals surface area (Å²) in [6, 6.07) is 20.3. The number of benzene rings is 3. The molecule has 7 heteroatoms. The number of rotatable bonds is 6. The molecule has 5 nitrogen and oxygen atoms in total. The van der Waals surface area contributed by atoms with E-state index in [0.29, 0.717) is 26.9 Å². The summed E-state index contributed by atoms with van der Waals surface area (Å²) in [6.07, 6.45) is 2.88. The van der Waals surface area contributed by atoms with Gasteiger partial charge in [-0.15, -0.1) is 0 Å². The van der Waals surface area contributed by atoms with Crippen molar-refractivity contribution in [2.75, 3.05) is 0 Å². The fraction of sp³-hybridized carbons (Fsp3) is 0.0435. The van der Waals surface area contributed by atoms with Crippen molar-refractivity contribution in [2.24, 2.45) is 0 Å². The van der Waals surface area contributed by atoms with Crippen LogP contribution in [-0.2, 0) is 15.6 Å².